The number of aliphatic carboxylic acids is 1. The first-order valence-electron chi connectivity index (χ1n) is 6.99. The van der Waals surface area contributed by atoms with E-state index in [1.807, 2.05) is 18.2 Å². The summed E-state index contributed by atoms with van der Waals surface area (Å²) in [6.45, 7) is 2.54. The fourth-order valence-corrected chi connectivity index (χ4v) is 2.53. The monoisotopic (exact) mass is 291 g/mol. The Bertz CT molecular complexity index is 585. The lowest BCUT2D eigenvalue weighted by Crippen LogP contribution is -2.39. The van der Waals surface area contributed by atoms with Crippen LogP contribution in [0, 0.1) is 5.92 Å². The number of rotatable bonds is 4. The number of carbonyl (C=O) groups is 2. The van der Waals surface area contributed by atoms with Gasteiger partial charge >= 0.3 is 5.97 Å². The molecule has 1 aliphatic carbocycles. The van der Waals surface area contributed by atoms with E-state index in [0.717, 1.165) is 17.7 Å². The summed E-state index contributed by atoms with van der Waals surface area (Å²) in [4.78, 5) is 22.7. The third kappa shape index (κ3) is 2.79. The molecule has 0 bridgehead atoms. The molecule has 3 atom stereocenters. The van der Waals surface area contributed by atoms with E-state index in [4.69, 9.17) is 14.6 Å². The maximum atomic E-state index is 12.0. The highest BCUT2D eigenvalue weighted by atomic mass is 16.6. The van der Waals surface area contributed by atoms with Crippen molar-refractivity contribution in [2.75, 3.05) is 13.2 Å². The Balaban J connectivity index is 1.65. The van der Waals surface area contributed by atoms with Crippen LogP contribution in [0.2, 0.25) is 0 Å². The van der Waals surface area contributed by atoms with Gasteiger partial charge in [0.2, 0.25) is 5.91 Å². The predicted octanol–water partition coefficient (Wildman–Crippen LogP) is 1.15. The molecule has 6 heteroatoms. The molecule has 0 spiro atoms. The van der Waals surface area contributed by atoms with Gasteiger partial charge in [-0.2, -0.15) is 0 Å². The number of ether oxygens (including phenoxy) is 2. The van der Waals surface area contributed by atoms with Crippen molar-refractivity contribution in [3.05, 3.63) is 23.8 Å². The van der Waals surface area contributed by atoms with Gasteiger partial charge < -0.3 is 19.9 Å². The maximum absolute atomic E-state index is 12.0. The Hall–Kier alpha value is -2.24. The molecule has 6 nitrogen and oxygen atoms in total. The van der Waals surface area contributed by atoms with Crippen LogP contribution < -0.4 is 14.8 Å². The lowest BCUT2D eigenvalue weighted by molar-refractivity contribution is -0.141. The first-order chi connectivity index (χ1) is 10.1. The average Bonchev–Trinajstić information content (AvgIpc) is 3.27. The zero-order chi connectivity index (χ0) is 15.0. The van der Waals surface area contributed by atoms with Crippen molar-refractivity contribution < 1.29 is 24.2 Å². The van der Waals surface area contributed by atoms with E-state index in [1.165, 1.54) is 6.92 Å². The lowest BCUT2D eigenvalue weighted by atomic mass is 10.1. The molecular formula is C15H17NO5. The molecule has 1 amide bonds. The predicted molar refractivity (Wildman–Crippen MR) is 73.5 cm³/mol. The highest BCUT2D eigenvalue weighted by Crippen LogP contribution is 2.49. The number of nitrogens with one attached hydrogen (secondary N) is 1. The van der Waals surface area contributed by atoms with E-state index >= 15 is 0 Å². The van der Waals surface area contributed by atoms with Crippen LogP contribution in [0.3, 0.4) is 0 Å². The summed E-state index contributed by atoms with van der Waals surface area (Å²) in [6.07, 6.45) is 0.734. The minimum Gasteiger partial charge on any atom is -0.486 e. The summed E-state index contributed by atoms with van der Waals surface area (Å²) in [6, 6.07) is 4.84. The summed E-state index contributed by atoms with van der Waals surface area (Å²) in [5.41, 5.74) is 1.03. The first kappa shape index (κ1) is 13.7. The minimum absolute atomic E-state index is 0.127. The van der Waals surface area contributed by atoms with Gasteiger partial charge in [0, 0.05) is 5.92 Å². The topological polar surface area (TPSA) is 84.9 Å². The third-order valence-corrected chi connectivity index (χ3v) is 3.85. The molecule has 21 heavy (non-hydrogen) atoms. The number of carbonyl (C=O) groups excluding carboxylic acids is 1. The smallest absolute Gasteiger partial charge is 0.325 e. The molecule has 1 fully saturated rings. The van der Waals surface area contributed by atoms with Crippen molar-refractivity contribution in [2.24, 2.45) is 5.92 Å². The summed E-state index contributed by atoms with van der Waals surface area (Å²) in [5.74, 6) is 0.177. The second-order valence-corrected chi connectivity index (χ2v) is 5.42. The number of carboxylic acid groups (broad SMARTS) is 1. The second kappa shape index (κ2) is 5.27. The molecule has 1 aromatic carbocycles. The van der Waals surface area contributed by atoms with Gasteiger partial charge in [-0.1, -0.05) is 6.07 Å². The van der Waals surface area contributed by atoms with Crippen LogP contribution in [0.4, 0.5) is 0 Å². The van der Waals surface area contributed by atoms with Gasteiger partial charge in [-0.25, -0.2) is 0 Å². The van der Waals surface area contributed by atoms with Crippen LogP contribution in [0.5, 0.6) is 11.5 Å². The summed E-state index contributed by atoms with van der Waals surface area (Å²) >= 11 is 0. The highest BCUT2D eigenvalue weighted by Gasteiger charge is 2.44. The van der Waals surface area contributed by atoms with Crippen molar-refractivity contribution in [1.29, 1.82) is 0 Å². The molecule has 2 unspecified atom stereocenters. The van der Waals surface area contributed by atoms with Crippen LogP contribution in [0.25, 0.3) is 0 Å². The van der Waals surface area contributed by atoms with Gasteiger partial charge in [0.1, 0.15) is 19.3 Å². The largest absolute Gasteiger partial charge is 0.486 e. The number of hydrogen-bond acceptors (Lipinski definition) is 4. The molecule has 1 saturated carbocycles. The molecule has 112 valence electrons. The van der Waals surface area contributed by atoms with E-state index in [2.05, 4.69) is 5.32 Å². The van der Waals surface area contributed by atoms with E-state index in [-0.39, 0.29) is 17.7 Å². The fraction of sp³-hybridized carbons (Fsp3) is 0.467. The summed E-state index contributed by atoms with van der Waals surface area (Å²) < 4.78 is 11.0. The number of fused-ring (bicyclic) bond motifs is 1. The van der Waals surface area contributed by atoms with Crippen LogP contribution in [0.1, 0.15) is 24.8 Å². The first-order valence-corrected chi connectivity index (χ1v) is 6.99. The molecule has 1 aliphatic heterocycles. The Kier molecular flexibility index (Phi) is 3.45. The fourth-order valence-electron chi connectivity index (χ4n) is 2.53. The highest BCUT2D eigenvalue weighted by molar-refractivity contribution is 5.87. The molecule has 2 aliphatic rings. The molecule has 0 aromatic heterocycles. The van der Waals surface area contributed by atoms with Gasteiger partial charge in [-0.15, -0.1) is 0 Å². The molecule has 0 radical (unpaired) electrons. The number of benzene rings is 1. The van der Waals surface area contributed by atoms with Crippen molar-refractivity contribution in [3.8, 4) is 11.5 Å². The van der Waals surface area contributed by atoms with E-state index in [0.29, 0.717) is 19.0 Å². The van der Waals surface area contributed by atoms with Crippen LogP contribution in [-0.4, -0.2) is 36.2 Å². The van der Waals surface area contributed by atoms with Crippen molar-refractivity contribution >= 4 is 11.9 Å². The summed E-state index contributed by atoms with van der Waals surface area (Å²) in [5, 5.41) is 11.3. The van der Waals surface area contributed by atoms with Gasteiger partial charge in [-0.05, 0) is 37.0 Å². The number of carboxylic acids is 1. The number of hydrogen-bond donors (Lipinski definition) is 2. The molecule has 1 heterocycles. The van der Waals surface area contributed by atoms with Crippen LogP contribution >= 0.6 is 0 Å². The minimum atomic E-state index is -1.03. The van der Waals surface area contributed by atoms with E-state index < -0.39 is 12.0 Å². The second-order valence-electron chi connectivity index (χ2n) is 5.42. The van der Waals surface area contributed by atoms with E-state index in [1.54, 1.807) is 0 Å². The Morgan fingerprint density at radius 2 is 2.00 bits per heavy atom. The van der Waals surface area contributed by atoms with Gasteiger partial charge in [0.15, 0.2) is 11.5 Å². The Labute approximate surface area is 122 Å². The summed E-state index contributed by atoms with van der Waals surface area (Å²) in [7, 11) is 0. The van der Waals surface area contributed by atoms with Crippen molar-refractivity contribution in [3.63, 3.8) is 0 Å². The Morgan fingerprint density at radius 1 is 1.29 bits per heavy atom. The molecule has 0 saturated heterocycles. The normalized spacial score (nSPS) is 24.0. The average molecular weight is 291 g/mol. The molecule has 2 N–H and O–H groups in total. The van der Waals surface area contributed by atoms with Crippen LogP contribution in [0.15, 0.2) is 18.2 Å². The number of amides is 1. The van der Waals surface area contributed by atoms with Crippen molar-refractivity contribution in [1.82, 2.24) is 5.32 Å². The zero-order valence-electron chi connectivity index (χ0n) is 11.7. The molecule has 1 aromatic rings. The zero-order valence-corrected chi connectivity index (χ0v) is 11.7. The third-order valence-electron chi connectivity index (χ3n) is 3.85. The molecule has 3 rings (SSSR count). The van der Waals surface area contributed by atoms with Gasteiger partial charge in [-0.3, -0.25) is 9.59 Å². The maximum Gasteiger partial charge on any atom is 0.325 e. The van der Waals surface area contributed by atoms with Gasteiger partial charge in [0.25, 0.3) is 0 Å². The van der Waals surface area contributed by atoms with E-state index in [9.17, 15) is 9.59 Å². The lowest BCUT2D eigenvalue weighted by Gasteiger charge is -2.18. The molecular weight excluding hydrogens is 274 g/mol. The SMILES string of the molecule is C[C@H](NC(=O)C1CC1c1ccc2c(c1)OCCO2)C(=O)O. The van der Waals surface area contributed by atoms with Crippen molar-refractivity contribution in [2.45, 2.75) is 25.3 Å². The van der Waals surface area contributed by atoms with Gasteiger partial charge in [0.05, 0.1) is 0 Å². The Morgan fingerprint density at radius 3 is 2.71 bits per heavy atom. The standard InChI is InChI=1S/C15H17NO5/c1-8(15(18)19)16-14(17)11-7-10(11)9-2-3-12-13(6-9)21-5-4-20-12/h2-3,6,8,10-11H,4-5,7H2,1H3,(H,16,17)(H,18,19)/t8-,10?,11?/m0/s1. The van der Waals surface area contributed by atoms with Crippen LogP contribution in [-0.2, 0) is 9.59 Å². The quantitative estimate of drug-likeness (QED) is 0.869.